The van der Waals surface area contributed by atoms with Crippen molar-refractivity contribution < 1.29 is 19.1 Å². The summed E-state index contributed by atoms with van der Waals surface area (Å²) < 4.78 is 5.56. The predicted molar refractivity (Wildman–Crippen MR) is 100 cm³/mol. The van der Waals surface area contributed by atoms with Gasteiger partial charge in [0.25, 0.3) is 0 Å². The Morgan fingerprint density at radius 2 is 1.93 bits per heavy atom. The van der Waals surface area contributed by atoms with Gasteiger partial charge in [0.15, 0.2) is 0 Å². The highest BCUT2D eigenvalue weighted by molar-refractivity contribution is 5.85. The molecule has 0 bridgehead atoms. The number of amides is 1. The summed E-state index contributed by atoms with van der Waals surface area (Å²) in [5.41, 5.74) is 11.5. The van der Waals surface area contributed by atoms with E-state index in [2.05, 4.69) is 20.8 Å². The predicted octanol–water partition coefficient (Wildman–Crippen LogP) is 0.252. The van der Waals surface area contributed by atoms with Gasteiger partial charge in [-0.2, -0.15) is 0 Å². The number of aliphatic carboxylic acids is 1. The summed E-state index contributed by atoms with van der Waals surface area (Å²) in [6.07, 6.45) is 3.42. The lowest BCUT2D eigenvalue weighted by molar-refractivity contribution is -0.138. The average Bonchev–Trinajstić information content (AvgIpc) is 3.12. The molecule has 0 aliphatic carbocycles. The first-order valence-electron chi connectivity index (χ1n) is 9.03. The molecule has 1 aliphatic heterocycles. The van der Waals surface area contributed by atoms with Crippen molar-refractivity contribution in [1.29, 1.82) is 0 Å². The Labute approximate surface area is 164 Å². The summed E-state index contributed by atoms with van der Waals surface area (Å²) in [4.78, 5) is 23.6. The van der Waals surface area contributed by atoms with Crippen LogP contribution in [-0.2, 0) is 9.59 Å². The third-order valence-electron chi connectivity index (χ3n) is 4.45. The lowest BCUT2D eigenvalue weighted by Gasteiger charge is -2.23. The van der Waals surface area contributed by atoms with E-state index in [9.17, 15) is 9.59 Å². The van der Waals surface area contributed by atoms with E-state index in [0.29, 0.717) is 25.8 Å². The summed E-state index contributed by atoms with van der Waals surface area (Å²) >= 11 is 0. The van der Waals surface area contributed by atoms with Gasteiger partial charge in [-0.3, -0.25) is 9.59 Å². The van der Waals surface area contributed by atoms with E-state index >= 15 is 0 Å². The van der Waals surface area contributed by atoms with Crippen molar-refractivity contribution in [3.63, 3.8) is 0 Å². The number of carboxylic acid groups (broad SMARTS) is 1. The van der Waals surface area contributed by atoms with Crippen LogP contribution in [0.3, 0.4) is 0 Å². The van der Waals surface area contributed by atoms with Crippen molar-refractivity contribution in [2.75, 3.05) is 19.6 Å². The van der Waals surface area contributed by atoms with Gasteiger partial charge in [0.2, 0.25) is 17.7 Å². The molecule has 7 N–H and O–H groups in total. The van der Waals surface area contributed by atoms with Crippen molar-refractivity contribution in [1.82, 2.24) is 20.8 Å². The fraction of sp³-hybridized carbons (Fsp3) is 0.750. The van der Waals surface area contributed by atoms with Gasteiger partial charge in [-0.1, -0.05) is 6.42 Å². The van der Waals surface area contributed by atoms with Gasteiger partial charge >= 0.3 is 5.97 Å². The Kier molecular flexibility index (Phi) is 10.2. The second kappa shape index (κ2) is 11.9. The highest BCUT2D eigenvalue weighted by Gasteiger charge is 2.28. The number of hydrogen-bond donors (Lipinski definition) is 5. The van der Waals surface area contributed by atoms with E-state index < -0.39 is 18.1 Å². The maximum atomic E-state index is 12.4. The Balaban J connectivity index is 0.00000364. The normalized spacial score (nSPS) is 17.0. The minimum absolute atomic E-state index is 0. The average molecular weight is 405 g/mol. The number of aromatic nitrogens is 2. The number of carboxylic acids is 1. The summed E-state index contributed by atoms with van der Waals surface area (Å²) in [6, 6.07) is -1.30. The number of rotatable bonds is 10. The SMILES string of the molecule is Cl.NCCCC[C@H](N)c1nnc([C@H](CC(=O)O)NC(=O)C2CCNCC2)o1. The molecule has 0 radical (unpaired) electrons. The lowest BCUT2D eigenvalue weighted by atomic mass is 9.96. The third-order valence-corrected chi connectivity index (χ3v) is 4.45. The fourth-order valence-electron chi connectivity index (χ4n) is 2.92. The molecule has 154 valence electrons. The Bertz CT molecular complexity index is 593. The summed E-state index contributed by atoms with van der Waals surface area (Å²) in [6.45, 7) is 2.12. The summed E-state index contributed by atoms with van der Waals surface area (Å²) in [5.74, 6) is -1.09. The minimum Gasteiger partial charge on any atom is -0.481 e. The molecule has 0 spiro atoms. The molecule has 2 atom stereocenters. The molecule has 2 rings (SSSR count). The second-order valence-corrected chi connectivity index (χ2v) is 6.55. The summed E-state index contributed by atoms with van der Waals surface area (Å²) in [5, 5.41) is 22.9. The zero-order valence-electron chi connectivity index (χ0n) is 15.2. The lowest BCUT2D eigenvalue weighted by Crippen LogP contribution is -2.40. The van der Waals surface area contributed by atoms with E-state index in [1.54, 1.807) is 0 Å². The number of carbonyl (C=O) groups excluding carboxylic acids is 1. The second-order valence-electron chi connectivity index (χ2n) is 6.55. The smallest absolute Gasteiger partial charge is 0.305 e. The number of unbranched alkanes of at least 4 members (excludes halogenated alkanes) is 1. The number of nitrogens with one attached hydrogen (secondary N) is 2. The number of nitrogens with two attached hydrogens (primary N) is 2. The standard InChI is InChI=1S/C16H28N6O4.ClH/c17-6-2-1-3-11(18)15-21-22-16(26-15)12(9-13(23)24)20-14(25)10-4-7-19-8-5-10;/h10-12,19H,1-9,17-18H2,(H,20,25)(H,23,24);1H/t11-,12-;/m0./s1. The van der Waals surface area contributed by atoms with E-state index in [1.807, 2.05) is 0 Å². The van der Waals surface area contributed by atoms with Crippen LogP contribution in [0.25, 0.3) is 0 Å². The monoisotopic (exact) mass is 404 g/mol. The van der Waals surface area contributed by atoms with Crippen LogP contribution < -0.4 is 22.1 Å². The molecule has 1 aromatic heterocycles. The van der Waals surface area contributed by atoms with Gasteiger partial charge in [0, 0.05) is 5.92 Å². The highest BCUT2D eigenvalue weighted by atomic mass is 35.5. The van der Waals surface area contributed by atoms with Crippen LogP contribution in [-0.4, -0.2) is 46.8 Å². The molecule has 0 saturated carbocycles. The van der Waals surface area contributed by atoms with Crippen LogP contribution in [0.15, 0.2) is 4.42 Å². The number of hydrogen-bond acceptors (Lipinski definition) is 8. The van der Waals surface area contributed by atoms with Crippen molar-refractivity contribution in [2.45, 2.75) is 50.6 Å². The minimum atomic E-state index is -1.06. The van der Waals surface area contributed by atoms with Gasteiger partial charge in [0.1, 0.15) is 6.04 Å². The zero-order valence-corrected chi connectivity index (χ0v) is 16.0. The molecular weight excluding hydrogens is 376 g/mol. The van der Waals surface area contributed by atoms with Crippen LogP contribution in [0.2, 0.25) is 0 Å². The molecular formula is C16H29ClN6O4. The van der Waals surface area contributed by atoms with Crippen molar-refractivity contribution in [3.05, 3.63) is 11.8 Å². The number of carbonyl (C=O) groups is 2. The van der Waals surface area contributed by atoms with Gasteiger partial charge in [-0.15, -0.1) is 22.6 Å². The van der Waals surface area contributed by atoms with Crippen molar-refractivity contribution >= 4 is 24.3 Å². The first-order valence-corrected chi connectivity index (χ1v) is 9.03. The first-order chi connectivity index (χ1) is 12.5. The molecule has 0 aromatic carbocycles. The maximum absolute atomic E-state index is 12.4. The maximum Gasteiger partial charge on any atom is 0.305 e. The van der Waals surface area contributed by atoms with Gasteiger partial charge in [0.05, 0.1) is 12.5 Å². The number of nitrogens with zero attached hydrogens (tertiary/aromatic N) is 2. The van der Waals surface area contributed by atoms with E-state index in [-0.39, 0.29) is 42.4 Å². The van der Waals surface area contributed by atoms with E-state index in [0.717, 1.165) is 25.9 Å². The molecule has 0 unspecified atom stereocenters. The van der Waals surface area contributed by atoms with Gasteiger partial charge < -0.3 is 31.6 Å². The molecule has 1 saturated heterocycles. The van der Waals surface area contributed by atoms with Gasteiger partial charge in [-0.25, -0.2) is 0 Å². The van der Waals surface area contributed by atoms with Crippen LogP contribution in [0.4, 0.5) is 0 Å². The molecule has 10 nitrogen and oxygen atoms in total. The number of piperidine rings is 1. The topological polar surface area (TPSA) is 169 Å². The summed E-state index contributed by atoms with van der Waals surface area (Å²) in [7, 11) is 0. The molecule has 1 amide bonds. The fourth-order valence-corrected chi connectivity index (χ4v) is 2.92. The zero-order chi connectivity index (χ0) is 18.9. The van der Waals surface area contributed by atoms with Crippen molar-refractivity contribution in [3.8, 4) is 0 Å². The Morgan fingerprint density at radius 1 is 1.26 bits per heavy atom. The third kappa shape index (κ3) is 7.41. The quantitative estimate of drug-likeness (QED) is 0.343. The Hall–Kier alpha value is -1.75. The Morgan fingerprint density at radius 3 is 2.56 bits per heavy atom. The molecule has 1 aliphatic rings. The highest BCUT2D eigenvalue weighted by Crippen LogP contribution is 2.22. The molecule has 11 heteroatoms. The van der Waals surface area contributed by atoms with E-state index in [4.69, 9.17) is 21.0 Å². The van der Waals surface area contributed by atoms with Crippen LogP contribution in [0.1, 0.15) is 62.4 Å². The van der Waals surface area contributed by atoms with E-state index in [1.165, 1.54) is 0 Å². The van der Waals surface area contributed by atoms with Crippen LogP contribution in [0, 0.1) is 5.92 Å². The first kappa shape index (κ1) is 23.3. The molecule has 2 heterocycles. The largest absolute Gasteiger partial charge is 0.481 e. The van der Waals surface area contributed by atoms with Crippen molar-refractivity contribution in [2.24, 2.45) is 17.4 Å². The molecule has 1 aromatic rings. The van der Waals surface area contributed by atoms with Crippen LogP contribution >= 0.6 is 12.4 Å². The van der Waals surface area contributed by atoms with Gasteiger partial charge in [-0.05, 0) is 45.3 Å². The molecule has 27 heavy (non-hydrogen) atoms. The van der Waals surface area contributed by atoms with Crippen LogP contribution in [0.5, 0.6) is 0 Å². The number of halogens is 1. The molecule has 1 fully saturated rings.